The molecule has 0 aliphatic heterocycles. The first-order valence-electron chi connectivity index (χ1n) is 8.44. The molecule has 1 aromatic heterocycles. The molecule has 152 valence electrons. The molecule has 0 radical (unpaired) electrons. The first kappa shape index (κ1) is 21.2. The third-order valence-electron chi connectivity index (χ3n) is 3.72. The van der Waals surface area contributed by atoms with E-state index in [4.69, 9.17) is 16.3 Å². The molecule has 1 heterocycles. The highest BCUT2D eigenvalue weighted by molar-refractivity contribution is 7.91. The number of aromatic nitrogens is 2. The van der Waals surface area contributed by atoms with E-state index in [9.17, 15) is 13.2 Å². The summed E-state index contributed by atoms with van der Waals surface area (Å²) in [7, 11) is -3.87. The quantitative estimate of drug-likeness (QED) is 0.401. The minimum Gasteiger partial charge on any atom is -0.492 e. The fourth-order valence-corrected chi connectivity index (χ4v) is 4.37. The van der Waals surface area contributed by atoms with Crippen LogP contribution in [0.25, 0.3) is 0 Å². The monoisotopic (exact) mass is 452 g/mol. The number of hydrogen-bond donors (Lipinski definition) is 2. The van der Waals surface area contributed by atoms with Gasteiger partial charge in [-0.2, -0.15) is 0 Å². The average Bonchev–Trinajstić information content (AvgIpc) is 3.16. The molecule has 29 heavy (non-hydrogen) atoms. The van der Waals surface area contributed by atoms with Gasteiger partial charge in [-0.05, 0) is 42.8 Å². The molecule has 0 aliphatic rings. The normalized spacial score (nSPS) is 11.2. The van der Waals surface area contributed by atoms with E-state index >= 15 is 0 Å². The lowest BCUT2D eigenvalue weighted by molar-refractivity contribution is 0.102. The number of anilines is 1. The summed E-state index contributed by atoms with van der Waals surface area (Å²) < 4.78 is 32.2. The zero-order valence-corrected chi connectivity index (χ0v) is 17.6. The van der Waals surface area contributed by atoms with Gasteiger partial charge in [0.15, 0.2) is 0 Å². The number of nitrogens with one attached hydrogen (secondary N) is 2. The Bertz CT molecular complexity index is 1100. The fourth-order valence-electron chi connectivity index (χ4n) is 2.30. The van der Waals surface area contributed by atoms with E-state index in [0.29, 0.717) is 16.3 Å². The summed E-state index contributed by atoms with van der Waals surface area (Å²) in [5.74, 6) is 0.193. The van der Waals surface area contributed by atoms with Gasteiger partial charge in [0.05, 0.1) is 0 Å². The van der Waals surface area contributed by atoms with E-state index in [1.165, 1.54) is 0 Å². The molecule has 8 nitrogen and oxygen atoms in total. The third-order valence-corrected chi connectivity index (χ3v) is 6.64. The maximum atomic E-state index is 12.3. The van der Waals surface area contributed by atoms with Gasteiger partial charge >= 0.3 is 0 Å². The molecule has 3 rings (SSSR count). The van der Waals surface area contributed by atoms with Gasteiger partial charge < -0.3 is 4.74 Å². The maximum absolute atomic E-state index is 12.3. The van der Waals surface area contributed by atoms with Gasteiger partial charge in [0.25, 0.3) is 15.9 Å². The second-order valence-corrected chi connectivity index (χ2v) is 9.20. The van der Waals surface area contributed by atoms with Gasteiger partial charge in [-0.3, -0.25) is 10.1 Å². The van der Waals surface area contributed by atoms with Crippen molar-refractivity contribution in [1.29, 1.82) is 0 Å². The Hall–Kier alpha value is -2.53. The standard InChI is InChI=1S/C18H17ClN4O4S2/c1-12-4-2-3-5-15(12)16(24)21-17-22-23-18(28-17)29(25,26)20-10-11-27-14-8-6-13(19)7-9-14/h2-9,20H,10-11H2,1H3,(H,21,22,24). The minimum absolute atomic E-state index is 0.0371. The Kier molecular flexibility index (Phi) is 6.80. The van der Waals surface area contributed by atoms with E-state index in [-0.39, 0.29) is 28.5 Å². The number of ether oxygens (including phenoxy) is 1. The van der Waals surface area contributed by atoms with Gasteiger partial charge in [-0.1, -0.05) is 41.1 Å². The smallest absolute Gasteiger partial charge is 0.269 e. The number of aryl methyl sites for hydroxylation is 1. The molecule has 0 unspecified atom stereocenters. The maximum Gasteiger partial charge on any atom is 0.269 e. The van der Waals surface area contributed by atoms with Crippen molar-refractivity contribution < 1.29 is 17.9 Å². The fraction of sp³-hybridized carbons (Fsp3) is 0.167. The molecule has 3 aromatic rings. The van der Waals surface area contributed by atoms with E-state index in [0.717, 1.165) is 16.9 Å². The number of amides is 1. The second kappa shape index (κ2) is 9.31. The molecular weight excluding hydrogens is 436 g/mol. The molecule has 0 bridgehead atoms. The van der Waals surface area contributed by atoms with Crippen LogP contribution in [-0.4, -0.2) is 37.7 Å². The summed E-state index contributed by atoms with van der Waals surface area (Å²) in [4.78, 5) is 12.3. The highest BCUT2D eigenvalue weighted by Crippen LogP contribution is 2.21. The molecule has 11 heteroatoms. The lowest BCUT2D eigenvalue weighted by atomic mass is 10.1. The van der Waals surface area contributed by atoms with E-state index in [1.807, 2.05) is 6.07 Å². The Morgan fingerprint density at radius 3 is 2.59 bits per heavy atom. The number of halogens is 1. The summed E-state index contributed by atoms with van der Waals surface area (Å²) in [6, 6.07) is 13.8. The highest BCUT2D eigenvalue weighted by Gasteiger charge is 2.21. The molecule has 0 atom stereocenters. The molecule has 2 aromatic carbocycles. The Morgan fingerprint density at radius 2 is 1.86 bits per heavy atom. The molecule has 1 amide bonds. The van der Waals surface area contributed by atoms with Crippen molar-refractivity contribution in [2.45, 2.75) is 11.3 Å². The van der Waals surface area contributed by atoms with Crippen molar-refractivity contribution >= 4 is 44.0 Å². The van der Waals surface area contributed by atoms with Gasteiger partial charge in [-0.25, -0.2) is 13.1 Å². The van der Waals surface area contributed by atoms with Crippen LogP contribution in [-0.2, 0) is 10.0 Å². The number of hydrogen-bond acceptors (Lipinski definition) is 7. The number of rotatable bonds is 8. The lowest BCUT2D eigenvalue weighted by Gasteiger charge is -2.07. The van der Waals surface area contributed by atoms with Crippen molar-refractivity contribution in [3.05, 3.63) is 64.7 Å². The van der Waals surface area contributed by atoms with E-state index in [1.54, 1.807) is 49.4 Å². The predicted octanol–water partition coefficient (Wildman–Crippen LogP) is 3.11. The largest absolute Gasteiger partial charge is 0.492 e. The second-order valence-electron chi connectivity index (χ2n) is 5.84. The number of carbonyl (C=O) groups excluding carboxylic acids is 1. The summed E-state index contributed by atoms with van der Waals surface area (Å²) in [5.41, 5.74) is 1.27. The number of nitrogens with zero attached hydrogens (tertiary/aromatic N) is 2. The Labute approximate surface area is 176 Å². The molecule has 0 aliphatic carbocycles. The zero-order valence-electron chi connectivity index (χ0n) is 15.3. The Morgan fingerprint density at radius 1 is 1.14 bits per heavy atom. The minimum atomic E-state index is -3.87. The van der Waals surface area contributed by atoms with Crippen LogP contribution < -0.4 is 14.8 Å². The van der Waals surface area contributed by atoms with Gasteiger partial charge in [0.2, 0.25) is 9.47 Å². The van der Waals surface area contributed by atoms with E-state index < -0.39 is 10.0 Å². The van der Waals surface area contributed by atoms with Crippen molar-refractivity contribution in [3.63, 3.8) is 0 Å². The van der Waals surface area contributed by atoms with Crippen LogP contribution in [0.15, 0.2) is 52.9 Å². The molecule has 0 saturated heterocycles. The van der Waals surface area contributed by atoms with Crippen LogP contribution in [0.5, 0.6) is 5.75 Å². The van der Waals surface area contributed by atoms with Crippen LogP contribution in [0.3, 0.4) is 0 Å². The summed E-state index contributed by atoms with van der Waals surface area (Å²) in [6.07, 6.45) is 0. The molecule has 0 saturated carbocycles. The van der Waals surface area contributed by atoms with Crippen LogP contribution in [0.2, 0.25) is 5.02 Å². The Balaban J connectivity index is 1.55. The van der Waals surface area contributed by atoms with Crippen molar-refractivity contribution in [3.8, 4) is 5.75 Å². The van der Waals surface area contributed by atoms with Gasteiger partial charge in [0, 0.05) is 17.1 Å². The SMILES string of the molecule is Cc1ccccc1C(=O)Nc1nnc(S(=O)(=O)NCCOc2ccc(Cl)cc2)s1. The van der Waals surface area contributed by atoms with Gasteiger partial charge in [0.1, 0.15) is 12.4 Å². The van der Waals surface area contributed by atoms with Crippen LogP contribution >= 0.6 is 22.9 Å². The third kappa shape index (κ3) is 5.73. The van der Waals surface area contributed by atoms with Crippen molar-refractivity contribution in [2.75, 3.05) is 18.5 Å². The lowest BCUT2D eigenvalue weighted by Crippen LogP contribution is -2.28. The molecule has 2 N–H and O–H groups in total. The van der Waals surface area contributed by atoms with Crippen LogP contribution in [0.1, 0.15) is 15.9 Å². The molecular formula is C18H17ClN4O4S2. The predicted molar refractivity (Wildman–Crippen MR) is 111 cm³/mol. The highest BCUT2D eigenvalue weighted by atomic mass is 35.5. The van der Waals surface area contributed by atoms with Crippen molar-refractivity contribution in [1.82, 2.24) is 14.9 Å². The number of sulfonamides is 1. The van der Waals surface area contributed by atoms with Crippen LogP contribution in [0.4, 0.5) is 5.13 Å². The first-order chi connectivity index (χ1) is 13.8. The summed E-state index contributed by atoms with van der Waals surface area (Å²) >= 11 is 6.56. The zero-order chi connectivity index (χ0) is 20.9. The van der Waals surface area contributed by atoms with Gasteiger partial charge in [-0.15, -0.1) is 10.2 Å². The van der Waals surface area contributed by atoms with Crippen LogP contribution in [0, 0.1) is 6.92 Å². The molecule has 0 spiro atoms. The summed E-state index contributed by atoms with van der Waals surface area (Å²) in [6.45, 7) is 1.97. The number of carbonyl (C=O) groups is 1. The molecule has 0 fully saturated rings. The topological polar surface area (TPSA) is 110 Å². The number of benzene rings is 2. The summed E-state index contributed by atoms with van der Waals surface area (Å²) in [5, 5.41) is 10.6. The van der Waals surface area contributed by atoms with Crippen molar-refractivity contribution in [2.24, 2.45) is 0 Å². The van der Waals surface area contributed by atoms with E-state index in [2.05, 4.69) is 20.2 Å². The first-order valence-corrected chi connectivity index (χ1v) is 11.1. The average molecular weight is 453 g/mol.